The van der Waals surface area contributed by atoms with Gasteiger partial charge in [0.25, 0.3) is 0 Å². The second-order valence-electron chi connectivity index (χ2n) is 3.13. The molecular weight excluding hydrogens is 192 g/mol. The molecule has 0 aliphatic rings. The highest BCUT2D eigenvalue weighted by molar-refractivity contribution is 5.95. The van der Waals surface area contributed by atoms with E-state index in [0.717, 1.165) is 5.56 Å². The molecule has 0 heterocycles. The van der Waals surface area contributed by atoms with E-state index >= 15 is 0 Å². The van der Waals surface area contributed by atoms with Crippen molar-refractivity contribution in [3.05, 3.63) is 42.0 Å². The Labute approximate surface area is 88.0 Å². The van der Waals surface area contributed by atoms with Gasteiger partial charge >= 0.3 is 5.97 Å². The van der Waals surface area contributed by atoms with Crippen LogP contribution in [-0.2, 0) is 9.59 Å². The molecule has 15 heavy (non-hydrogen) atoms. The standard InChI is InChI=1S/C12H12O3/c13-11(9-12(14)15)8-4-7-10-5-2-1-3-6-10/h1-7H,8-9H2,(H,14,15). The van der Waals surface area contributed by atoms with Gasteiger partial charge in [0.2, 0.25) is 0 Å². The average molecular weight is 204 g/mol. The SMILES string of the molecule is O=C(O)CC(=O)CC=Cc1ccccc1. The van der Waals surface area contributed by atoms with Crippen molar-refractivity contribution in [2.24, 2.45) is 0 Å². The van der Waals surface area contributed by atoms with Gasteiger partial charge in [-0.1, -0.05) is 42.5 Å². The van der Waals surface area contributed by atoms with Crippen molar-refractivity contribution in [1.82, 2.24) is 0 Å². The minimum absolute atomic E-state index is 0.168. The zero-order valence-electron chi connectivity index (χ0n) is 8.22. The van der Waals surface area contributed by atoms with E-state index in [4.69, 9.17) is 5.11 Å². The van der Waals surface area contributed by atoms with Gasteiger partial charge in [0, 0.05) is 6.42 Å². The average Bonchev–Trinajstić information content (AvgIpc) is 2.18. The number of rotatable bonds is 5. The molecule has 78 valence electrons. The molecule has 3 heteroatoms. The molecule has 0 fully saturated rings. The van der Waals surface area contributed by atoms with E-state index in [-0.39, 0.29) is 12.2 Å². The van der Waals surface area contributed by atoms with Gasteiger partial charge < -0.3 is 5.11 Å². The molecule has 0 amide bonds. The molecule has 0 unspecified atom stereocenters. The number of carboxylic acid groups (broad SMARTS) is 1. The van der Waals surface area contributed by atoms with Crippen LogP contribution in [-0.4, -0.2) is 16.9 Å². The minimum atomic E-state index is -1.08. The first kappa shape index (κ1) is 11.2. The number of aliphatic carboxylic acids is 1. The third-order valence-electron chi connectivity index (χ3n) is 1.80. The molecule has 0 saturated heterocycles. The topological polar surface area (TPSA) is 54.4 Å². The Kier molecular flexibility index (Phi) is 4.29. The van der Waals surface area contributed by atoms with Crippen molar-refractivity contribution in [3.63, 3.8) is 0 Å². The van der Waals surface area contributed by atoms with Gasteiger partial charge in [0.1, 0.15) is 12.2 Å². The lowest BCUT2D eigenvalue weighted by atomic mass is 10.1. The summed E-state index contributed by atoms with van der Waals surface area (Å²) in [6.45, 7) is 0. The maximum absolute atomic E-state index is 11.0. The van der Waals surface area contributed by atoms with Crippen molar-refractivity contribution < 1.29 is 14.7 Å². The van der Waals surface area contributed by atoms with Crippen LogP contribution in [0.25, 0.3) is 6.08 Å². The fourth-order valence-electron chi connectivity index (χ4n) is 1.13. The Morgan fingerprint density at radius 1 is 1.20 bits per heavy atom. The summed E-state index contributed by atoms with van der Waals surface area (Å²) in [4.78, 5) is 21.2. The molecule has 0 aromatic heterocycles. The summed E-state index contributed by atoms with van der Waals surface area (Å²) in [6, 6.07) is 9.54. The molecule has 0 saturated carbocycles. The molecule has 1 aromatic rings. The third-order valence-corrected chi connectivity index (χ3v) is 1.80. The number of Topliss-reactive ketones (excluding diaryl/α,β-unsaturated/α-hetero) is 1. The summed E-state index contributed by atoms with van der Waals surface area (Å²) in [5.74, 6) is -1.36. The summed E-state index contributed by atoms with van der Waals surface area (Å²) in [6.07, 6.45) is 3.25. The maximum Gasteiger partial charge on any atom is 0.310 e. The largest absolute Gasteiger partial charge is 0.481 e. The Balaban J connectivity index is 2.40. The first-order chi connectivity index (χ1) is 7.18. The van der Waals surface area contributed by atoms with E-state index < -0.39 is 12.4 Å². The Bertz CT molecular complexity index is 366. The third kappa shape index (κ3) is 4.76. The number of hydrogen-bond donors (Lipinski definition) is 1. The predicted octanol–water partition coefficient (Wildman–Crippen LogP) is 2.13. The van der Waals surface area contributed by atoms with E-state index in [1.54, 1.807) is 12.2 Å². The first-order valence-electron chi connectivity index (χ1n) is 4.63. The van der Waals surface area contributed by atoms with Crippen LogP contribution in [0, 0.1) is 0 Å². The molecule has 0 spiro atoms. The van der Waals surface area contributed by atoms with E-state index in [9.17, 15) is 9.59 Å². The highest BCUT2D eigenvalue weighted by atomic mass is 16.4. The van der Waals surface area contributed by atoms with Gasteiger partial charge in [0.05, 0.1) is 0 Å². The highest BCUT2D eigenvalue weighted by Gasteiger charge is 2.04. The zero-order valence-corrected chi connectivity index (χ0v) is 8.22. The summed E-state index contributed by atoms with van der Waals surface area (Å²) in [7, 11) is 0. The Hall–Kier alpha value is -1.90. The summed E-state index contributed by atoms with van der Waals surface area (Å²) < 4.78 is 0. The van der Waals surface area contributed by atoms with Gasteiger partial charge in [-0.05, 0) is 5.56 Å². The smallest absolute Gasteiger partial charge is 0.310 e. The van der Waals surface area contributed by atoms with Gasteiger partial charge in [-0.15, -0.1) is 0 Å². The lowest BCUT2D eigenvalue weighted by Gasteiger charge is -1.92. The lowest BCUT2D eigenvalue weighted by molar-refractivity contribution is -0.140. The van der Waals surface area contributed by atoms with Gasteiger partial charge in [-0.2, -0.15) is 0 Å². The van der Waals surface area contributed by atoms with E-state index in [1.807, 2.05) is 30.3 Å². The molecule has 0 radical (unpaired) electrons. The van der Waals surface area contributed by atoms with E-state index in [0.29, 0.717) is 0 Å². The van der Waals surface area contributed by atoms with Crippen LogP contribution in [0.4, 0.5) is 0 Å². The number of carbonyl (C=O) groups excluding carboxylic acids is 1. The normalized spacial score (nSPS) is 10.4. The molecule has 1 rings (SSSR count). The van der Waals surface area contributed by atoms with Crippen molar-refractivity contribution >= 4 is 17.8 Å². The number of allylic oxidation sites excluding steroid dienone is 1. The lowest BCUT2D eigenvalue weighted by Crippen LogP contribution is -2.04. The molecule has 1 aromatic carbocycles. The fraction of sp³-hybridized carbons (Fsp3) is 0.167. The molecule has 1 N–H and O–H groups in total. The number of carbonyl (C=O) groups is 2. The number of ketones is 1. The van der Waals surface area contributed by atoms with Crippen molar-refractivity contribution in [2.45, 2.75) is 12.8 Å². The molecule has 3 nitrogen and oxygen atoms in total. The van der Waals surface area contributed by atoms with Crippen molar-refractivity contribution in [1.29, 1.82) is 0 Å². The quantitative estimate of drug-likeness (QED) is 0.747. The predicted molar refractivity (Wildman–Crippen MR) is 57.4 cm³/mol. The van der Waals surface area contributed by atoms with E-state index in [2.05, 4.69) is 0 Å². The van der Waals surface area contributed by atoms with Gasteiger partial charge in [-0.3, -0.25) is 9.59 Å². The monoisotopic (exact) mass is 204 g/mol. The molecule has 0 atom stereocenters. The van der Waals surface area contributed by atoms with Crippen molar-refractivity contribution in [2.75, 3.05) is 0 Å². The van der Waals surface area contributed by atoms with Crippen LogP contribution < -0.4 is 0 Å². The first-order valence-corrected chi connectivity index (χ1v) is 4.63. The second-order valence-corrected chi connectivity index (χ2v) is 3.13. The Morgan fingerprint density at radius 2 is 1.87 bits per heavy atom. The Morgan fingerprint density at radius 3 is 2.47 bits per heavy atom. The summed E-state index contributed by atoms with van der Waals surface area (Å²) in [5.41, 5.74) is 1.00. The van der Waals surface area contributed by atoms with Crippen LogP contribution in [0.5, 0.6) is 0 Å². The highest BCUT2D eigenvalue weighted by Crippen LogP contribution is 2.02. The molecule has 0 aliphatic heterocycles. The molecule has 0 bridgehead atoms. The van der Waals surface area contributed by atoms with E-state index in [1.165, 1.54) is 0 Å². The summed E-state index contributed by atoms with van der Waals surface area (Å²) in [5, 5.41) is 8.36. The summed E-state index contributed by atoms with van der Waals surface area (Å²) >= 11 is 0. The number of benzene rings is 1. The molecule has 0 aliphatic carbocycles. The van der Waals surface area contributed by atoms with Gasteiger partial charge in [0.15, 0.2) is 0 Å². The molecular formula is C12H12O3. The van der Waals surface area contributed by atoms with Crippen LogP contribution in [0.1, 0.15) is 18.4 Å². The van der Waals surface area contributed by atoms with Crippen LogP contribution in [0.15, 0.2) is 36.4 Å². The minimum Gasteiger partial charge on any atom is -0.481 e. The maximum atomic E-state index is 11.0. The second kappa shape index (κ2) is 5.75. The van der Waals surface area contributed by atoms with Crippen LogP contribution in [0.2, 0.25) is 0 Å². The fourth-order valence-corrected chi connectivity index (χ4v) is 1.13. The van der Waals surface area contributed by atoms with Crippen molar-refractivity contribution in [3.8, 4) is 0 Å². The number of carboxylic acids is 1. The van der Waals surface area contributed by atoms with Crippen LogP contribution in [0.3, 0.4) is 0 Å². The van der Waals surface area contributed by atoms with Crippen LogP contribution >= 0.6 is 0 Å². The zero-order chi connectivity index (χ0) is 11.1. The number of hydrogen-bond acceptors (Lipinski definition) is 2. The van der Waals surface area contributed by atoms with Gasteiger partial charge in [-0.25, -0.2) is 0 Å².